The van der Waals surface area contributed by atoms with Crippen molar-refractivity contribution in [2.45, 2.75) is 36.6 Å². The monoisotopic (exact) mass is 371 g/mol. The van der Waals surface area contributed by atoms with Crippen LogP contribution < -0.4 is 10.0 Å². The normalized spacial score (nSPS) is 15.9. The predicted octanol–water partition coefficient (Wildman–Crippen LogP) is 3.79. The highest BCUT2D eigenvalue weighted by Gasteiger charge is 2.28. The fraction of sp³-hybridized carbons (Fsp3) is 0.316. The van der Waals surface area contributed by atoms with Crippen LogP contribution in [0.1, 0.15) is 43.2 Å². The SMILES string of the molecule is CNS(=O)(=O)c1ccc(C(C)Nc2ccc3oc(C4CC4)nc3c2)cc1. The van der Waals surface area contributed by atoms with Gasteiger partial charge in [-0.25, -0.2) is 18.1 Å². The molecule has 0 radical (unpaired) electrons. The number of benzene rings is 2. The number of aromatic nitrogens is 1. The second-order valence-corrected chi connectivity index (χ2v) is 8.54. The summed E-state index contributed by atoms with van der Waals surface area (Å²) in [6.07, 6.45) is 2.32. The van der Waals surface area contributed by atoms with Crippen LogP contribution in [0.2, 0.25) is 0 Å². The zero-order valence-electron chi connectivity index (χ0n) is 14.7. The Balaban J connectivity index is 1.52. The first kappa shape index (κ1) is 17.1. The lowest BCUT2D eigenvalue weighted by molar-refractivity contribution is 0.533. The first-order valence-electron chi connectivity index (χ1n) is 8.67. The molecule has 0 amide bonds. The van der Waals surface area contributed by atoms with E-state index in [1.807, 2.05) is 37.3 Å². The van der Waals surface area contributed by atoms with Crippen LogP contribution in [0.15, 0.2) is 51.8 Å². The third-order valence-electron chi connectivity index (χ3n) is 4.67. The Labute approximate surface area is 152 Å². The minimum Gasteiger partial charge on any atom is -0.440 e. The number of sulfonamides is 1. The summed E-state index contributed by atoms with van der Waals surface area (Å²) in [4.78, 5) is 4.84. The van der Waals surface area contributed by atoms with Crippen molar-refractivity contribution >= 4 is 26.8 Å². The molecule has 0 spiro atoms. The minimum atomic E-state index is -3.41. The number of nitrogens with zero attached hydrogens (tertiary/aromatic N) is 1. The molecule has 1 saturated carbocycles. The molecule has 136 valence electrons. The molecule has 1 heterocycles. The first-order valence-corrected chi connectivity index (χ1v) is 10.1. The third-order valence-corrected chi connectivity index (χ3v) is 6.10. The van der Waals surface area contributed by atoms with E-state index < -0.39 is 10.0 Å². The van der Waals surface area contributed by atoms with E-state index in [9.17, 15) is 8.42 Å². The Bertz CT molecular complexity index is 1040. The first-order chi connectivity index (χ1) is 12.5. The molecule has 1 aromatic heterocycles. The molecule has 2 aromatic carbocycles. The van der Waals surface area contributed by atoms with Gasteiger partial charge in [0.05, 0.1) is 4.90 Å². The summed E-state index contributed by atoms with van der Waals surface area (Å²) in [5.41, 5.74) is 3.62. The van der Waals surface area contributed by atoms with Crippen molar-refractivity contribution < 1.29 is 12.8 Å². The molecule has 4 rings (SSSR count). The van der Waals surface area contributed by atoms with Gasteiger partial charge in [-0.1, -0.05) is 12.1 Å². The smallest absolute Gasteiger partial charge is 0.240 e. The number of hydrogen-bond acceptors (Lipinski definition) is 5. The Morgan fingerprint density at radius 1 is 1.15 bits per heavy atom. The van der Waals surface area contributed by atoms with Crippen LogP contribution in [-0.4, -0.2) is 20.4 Å². The molecule has 3 aromatic rings. The summed E-state index contributed by atoms with van der Waals surface area (Å²) < 4.78 is 31.7. The zero-order chi connectivity index (χ0) is 18.3. The average Bonchev–Trinajstić information content (AvgIpc) is 3.41. The number of anilines is 1. The second kappa shape index (κ2) is 6.41. The molecule has 0 saturated heterocycles. The van der Waals surface area contributed by atoms with Crippen LogP contribution in [0.25, 0.3) is 11.1 Å². The molecule has 0 bridgehead atoms. The maximum Gasteiger partial charge on any atom is 0.240 e. The highest BCUT2D eigenvalue weighted by Crippen LogP contribution is 2.40. The van der Waals surface area contributed by atoms with Crippen molar-refractivity contribution in [3.8, 4) is 0 Å². The van der Waals surface area contributed by atoms with Gasteiger partial charge in [0.25, 0.3) is 0 Å². The average molecular weight is 371 g/mol. The van der Waals surface area contributed by atoms with Crippen LogP contribution in [0.4, 0.5) is 5.69 Å². The standard InChI is InChI=1S/C19H21N3O3S/c1-12(13-5-8-16(9-6-13)26(23,24)20-2)21-15-7-10-18-17(11-15)22-19(25-18)14-3-4-14/h5-12,14,20-21H,3-4H2,1-2H3. The van der Waals surface area contributed by atoms with Gasteiger partial charge in [0.2, 0.25) is 10.0 Å². The Morgan fingerprint density at radius 3 is 2.54 bits per heavy atom. The topological polar surface area (TPSA) is 84.2 Å². The van der Waals surface area contributed by atoms with Crippen LogP contribution in [0.3, 0.4) is 0 Å². The summed E-state index contributed by atoms with van der Waals surface area (Å²) in [7, 11) is -2.01. The second-order valence-electron chi connectivity index (χ2n) is 6.65. The number of rotatable bonds is 6. The Morgan fingerprint density at radius 2 is 1.88 bits per heavy atom. The number of nitrogens with one attached hydrogen (secondary N) is 2. The Kier molecular flexibility index (Phi) is 4.20. The molecule has 1 unspecified atom stereocenters. The minimum absolute atomic E-state index is 0.0218. The van der Waals surface area contributed by atoms with Crippen LogP contribution >= 0.6 is 0 Å². The molecule has 7 heteroatoms. The molecule has 1 fully saturated rings. The largest absolute Gasteiger partial charge is 0.440 e. The van der Waals surface area contributed by atoms with E-state index in [2.05, 4.69) is 15.0 Å². The molecular weight excluding hydrogens is 350 g/mol. The van der Waals surface area contributed by atoms with Crippen molar-refractivity contribution in [3.05, 3.63) is 53.9 Å². The molecule has 2 N–H and O–H groups in total. The third kappa shape index (κ3) is 3.32. The summed E-state index contributed by atoms with van der Waals surface area (Å²) >= 11 is 0. The Hall–Kier alpha value is -2.38. The van der Waals surface area contributed by atoms with E-state index >= 15 is 0 Å². The van der Waals surface area contributed by atoms with Gasteiger partial charge in [-0.05, 0) is 62.7 Å². The highest BCUT2D eigenvalue weighted by molar-refractivity contribution is 7.89. The summed E-state index contributed by atoms with van der Waals surface area (Å²) in [5.74, 6) is 1.33. The molecule has 26 heavy (non-hydrogen) atoms. The van der Waals surface area contributed by atoms with E-state index in [1.165, 1.54) is 7.05 Å². The fourth-order valence-electron chi connectivity index (χ4n) is 2.93. The maximum atomic E-state index is 11.8. The van der Waals surface area contributed by atoms with Gasteiger partial charge in [-0.2, -0.15) is 0 Å². The summed E-state index contributed by atoms with van der Waals surface area (Å²) in [6, 6.07) is 12.8. The lowest BCUT2D eigenvalue weighted by Gasteiger charge is -2.16. The van der Waals surface area contributed by atoms with Gasteiger partial charge in [0, 0.05) is 17.6 Å². The van der Waals surface area contributed by atoms with E-state index in [1.54, 1.807) is 12.1 Å². The lowest BCUT2D eigenvalue weighted by atomic mass is 10.1. The zero-order valence-corrected chi connectivity index (χ0v) is 15.5. The van der Waals surface area contributed by atoms with Crippen molar-refractivity contribution in [1.29, 1.82) is 0 Å². The number of fused-ring (bicyclic) bond motifs is 1. The quantitative estimate of drug-likeness (QED) is 0.689. The van der Waals surface area contributed by atoms with Gasteiger partial charge in [0.1, 0.15) is 5.52 Å². The highest BCUT2D eigenvalue weighted by atomic mass is 32.2. The molecule has 0 aliphatic heterocycles. The van der Waals surface area contributed by atoms with Crippen LogP contribution in [0, 0.1) is 0 Å². The maximum absolute atomic E-state index is 11.8. The molecule has 6 nitrogen and oxygen atoms in total. The predicted molar refractivity (Wildman–Crippen MR) is 101 cm³/mol. The lowest BCUT2D eigenvalue weighted by Crippen LogP contribution is -2.18. The number of hydrogen-bond donors (Lipinski definition) is 2. The van der Waals surface area contributed by atoms with Gasteiger partial charge in [-0.15, -0.1) is 0 Å². The van der Waals surface area contributed by atoms with Crippen molar-refractivity contribution in [2.24, 2.45) is 0 Å². The van der Waals surface area contributed by atoms with Crippen molar-refractivity contribution in [2.75, 3.05) is 12.4 Å². The van der Waals surface area contributed by atoms with Gasteiger partial charge in [0.15, 0.2) is 11.5 Å². The van der Waals surface area contributed by atoms with E-state index in [4.69, 9.17) is 4.42 Å². The molecule has 1 aliphatic carbocycles. The van der Waals surface area contributed by atoms with E-state index in [0.717, 1.165) is 41.1 Å². The number of oxazole rings is 1. The van der Waals surface area contributed by atoms with Crippen LogP contribution in [0.5, 0.6) is 0 Å². The van der Waals surface area contributed by atoms with E-state index in [-0.39, 0.29) is 10.9 Å². The summed E-state index contributed by atoms with van der Waals surface area (Å²) in [6.45, 7) is 2.03. The van der Waals surface area contributed by atoms with Crippen molar-refractivity contribution in [3.63, 3.8) is 0 Å². The van der Waals surface area contributed by atoms with E-state index in [0.29, 0.717) is 5.92 Å². The summed E-state index contributed by atoms with van der Waals surface area (Å²) in [5, 5.41) is 3.43. The molecule has 1 aliphatic rings. The fourth-order valence-corrected chi connectivity index (χ4v) is 3.66. The van der Waals surface area contributed by atoms with Crippen LogP contribution in [-0.2, 0) is 10.0 Å². The molecular formula is C19H21N3O3S. The van der Waals surface area contributed by atoms with Gasteiger partial charge in [-0.3, -0.25) is 0 Å². The van der Waals surface area contributed by atoms with Gasteiger partial charge >= 0.3 is 0 Å². The molecule has 1 atom stereocenters. The van der Waals surface area contributed by atoms with Gasteiger partial charge < -0.3 is 9.73 Å². The van der Waals surface area contributed by atoms with Crippen molar-refractivity contribution in [1.82, 2.24) is 9.71 Å².